The molecule has 4 rings (SSSR count). The number of alkyl halides is 3. The molecule has 1 saturated carbocycles. The van der Waals surface area contributed by atoms with E-state index < -0.39 is 29.6 Å². The lowest BCUT2D eigenvalue weighted by atomic mass is 9.96. The molecule has 0 radical (unpaired) electrons. The molecule has 2 heterocycles. The zero-order chi connectivity index (χ0) is 22.2. The van der Waals surface area contributed by atoms with Crippen LogP contribution < -0.4 is 5.32 Å². The van der Waals surface area contributed by atoms with E-state index in [-0.39, 0.29) is 29.4 Å². The molecule has 1 aromatic carbocycles. The smallest absolute Gasteiger partial charge is 0.322 e. The summed E-state index contributed by atoms with van der Waals surface area (Å²) >= 11 is 3.17. The van der Waals surface area contributed by atoms with E-state index in [0.29, 0.717) is 11.0 Å². The molecule has 1 aliphatic carbocycles. The van der Waals surface area contributed by atoms with Crippen LogP contribution in [-0.2, 0) is 17.5 Å². The van der Waals surface area contributed by atoms with E-state index in [0.717, 1.165) is 31.7 Å². The molecule has 0 spiro atoms. The molecule has 31 heavy (non-hydrogen) atoms. The third-order valence-corrected chi connectivity index (χ3v) is 6.29. The van der Waals surface area contributed by atoms with Gasteiger partial charge in [-0.25, -0.2) is 9.97 Å². The van der Waals surface area contributed by atoms with Crippen LogP contribution in [0.4, 0.5) is 19.0 Å². The summed E-state index contributed by atoms with van der Waals surface area (Å²) in [6.07, 6.45) is 2.59. The largest absolute Gasteiger partial charge is 0.416 e. The summed E-state index contributed by atoms with van der Waals surface area (Å²) in [6.45, 7) is -0.249. The van der Waals surface area contributed by atoms with Crippen molar-refractivity contribution in [3.05, 3.63) is 51.9 Å². The number of nitrogens with zero attached hydrogens (tertiary/aromatic N) is 3. The molecule has 1 N–H and O–H groups in total. The van der Waals surface area contributed by atoms with E-state index in [1.165, 1.54) is 29.4 Å². The van der Waals surface area contributed by atoms with Gasteiger partial charge in [-0.05, 0) is 46.0 Å². The predicted molar refractivity (Wildman–Crippen MR) is 110 cm³/mol. The van der Waals surface area contributed by atoms with Gasteiger partial charge >= 0.3 is 6.18 Å². The molecule has 0 saturated heterocycles. The van der Waals surface area contributed by atoms with Gasteiger partial charge in [0.1, 0.15) is 10.6 Å². The molecule has 2 amide bonds. The highest BCUT2D eigenvalue weighted by Crippen LogP contribution is 2.39. The van der Waals surface area contributed by atoms with Crippen LogP contribution in [0.2, 0.25) is 0 Å². The Morgan fingerprint density at radius 3 is 2.61 bits per heavy atom. The van der Waals surface area contributed by atoms with Gasteiger partial charge in [0.15, 0.2) is 5.82 Å². The van der Waals surface area contributed by atoms with Gasteiger partial charge in [0.2, 0.25) is 5.91 Å². The lowest BCUT2D eigenvalue weighted by Crippen LogP contribution is -2.45. The van der Waals surface area contributed by atoms with Gasteiger partial charge in [-0.3, -0.25) is 9.59 Å². The minimum Gasteiger partial charge on any atom is -0.322 e. The Kier molecular flexibility index (Phi) is 6.00. The first-order chi connectivity index (χ1) is 14.7. The second-order valence-corrected chi connectivity index (χ2v) is 8.69. The molecule has 0 unspecified atom stereocenters. The molecule has 0 bridgehead atoms. The van der Waals surface area contributed by atoms with E-state index in [9.17, 15) is 22.8 Å². The molecule has 164 valence electrons. The van der Waals surface area contributed by atoms with Crippen LogP contribution in [0.1, 0.15) is 53.6 Å². The van der Waals surface area contributed by atoms with Gasteiger partial charge in [-0.1, -0.05) is 31.7 Å². The average molecular weight is 497 g/mol. The fourth-order valence-electron chi connectivity index (χ4n) is 4.40. The molecular formula is C21H20BrF3N4O2. The van der Waals surface area contributed by atoms with Gasteiger partial charge in [0, 0.05) is 12.1 Å². The first kappa shape index (κ1) is 21.7. The Bertz CT molecular complexity index is 991. The van der Waals surface area contributed by atoms with Crippen LogP contribution in [0.15, 0.2) is 35.2 Å². The first-order valence-corrected chi connectivity index (χ1v) is 10.8. The number of carbonyl (C=O) groups excluding carboxylic acids is 2. The summed E-state index contributed by atoms with van der Waals surface area (Å²) in [5.41, 5.74) is -0.908. The summed E-state index contributed by atoms with van der Waals surface area (Å²) in [7, 11) is 0. The number of anilines is 1. The van der Waals surface area contributed by atoms with E-state index >= 15 is 0 Å². The van der Waals surface area contributed by atoms with Crippen molar-refractivity contribution in [1.82, 2.24) is 14.9 Å². The quantitative estimate of drug-likeness (QED) is 0.644. The van der Waals surface area contributed by atoms with Crippen LogP contribution in [0, 0.1) is 5.92 Å². The van der Waals surface area contributed by atoms with Crippen LogP contribution >= 0.6 is 15.9 Å². The number of aromatic nitrogens is 2. The molecule has 1 fully saturated rings. The van der Waals surface area contributed by atoms with Crippen molar-refractivity contribution in [2.45, 2.75) is 50.9 Å². The monoisotopic (exact) mass is 496 g/mol. The fourth-order valence-corrected chi connectivity index (χ4v) is 4.60. The lowest BCUT2D eigenvalue weighted by Gasteiger charge is -2.29. The van der Waals surface area contributed by atoms with Gasteiger partial charge in [-0.15, -0.1) is 0 Å². The Balaban J connectivity index is 1.62. The van der Waals surface area contributed by atoms with Crippen molar-refractivity contribution in [3.63, 3.8) is 0 Å². The van der Waals surface area contributed by atoms with E-state index in [4.69, 9.17) is 0 Å². The number of amides is 2. The third-order valence-electron chi connectivity index (χ3n) is 5.88. The SMILES string of the molecule is O=C(Nc1cnc(Br)cn1)[C@H](CC1CCCC1)N1Cc2c(cccc2C(F)(F)F)C1=O. The van der Waals surface area contributed by atoms with Gasteiger partial charge in [0.25, 0.3) is 5.91 Å². The number of rotatable bonds is 5. The summed E-state index contributed by atoms with van der Waals surface area (Å²) in [6, 6.07) is 2.69. The van der Waals surface area contributed by atoms with E-state index in [2.05, 4.69) is 31.2 Å². The van der Waals surface area contributed by atoms with Crippen molar-refractivity contribution in [2.24, 2.45) is 5.92 Å². The summed E-state index contributed by atoms with van der Waals surface area (Å²) < 4.78 is 40.9. The number of halogens is 4. The van der Waals surface area contributed by atoms with Crippen LogP contribution in [-0.4, -0.2) is 32.7 Å². The maximum Gasteiger partial charge on any atom is 0.416 e. The molecule has 2 aromatic rings. The van der Waals surface area contributed by atoms with Crippen LogP contribution in [0.5, 0.6) is 0 Å². The molecule has 6 nitrogen and oxygen atoms in total. The number of hydrogen-bond donors (Lipinski definition) is 1. The summed E-state index contributed by atoms with van der Waals surface area (Å²) in [5, 5.41) is 2.66. The van der Waals surface area contributed by atoms with Gasteiger partial charge in [-0.2, -0.15) is 13.2 Å². The molecule has 10 heteroatoms. The standard InChI is InChI=1S/C21H20BrF3N4O2/c22-17-9-27-18(10-26-17)28-19(30)16(8-12-4-1-2-5-12)29-11-14-13(20(29)31)6-3-7-15(14)21(23,24)25/h3,6-7,9-10,12,16H,1-2,4-5,8,11H2,(H,27,28,30)/t16-/m0/s1. The normalized spacial score (nSPS) is 17.7. The maximum atomic E-state index is 13.5. The summed E-state index contributed by atoms with van der Waals surface area (Å²) in [5.74, 6) is -0.575. The Morgan fingerprint density at radius 1 is 1.23 bits per heavy atom. The van der Waals surface area contributed by atoms with Crippen LogP contribution in [0.3, 0.4) is 0 Å². The number of benzene rings is 1. The number of nitrogens with one attached hydrogen (secondary N) is 1. The van der Waals surface area contributed by atoms with E-state index in [1.54, 1.807) is 0 Å². The summed E-state index contributed by atoms with van der Waals surface area (Å²) in [4.78, 5) is 35.5. The van der Waals surface area contributed by atoms with Crippen LogP contribution in [0.25, 0.3) is 0 Å². The minimum atomic E-state index is -4.57. The molecule has 1 aliphatic heterocycles. The Morgan fingerprint density at radius 2 is 1.97 bits per heavy atom. The molecule has 1 aromatic heterocycles. The molecule has 1 atom stereocenters. The lowest BCUT2D eigenvalue weighted by molar-refractivity contribution is -0.138. The second kappa shape index (κ2) is 8.57. The Hall–Kier alpha value is -2.49. The average Bonchev–Trinajstić information content (AvgIpc) is 3.35. The van der Waals surface area contributed by atoms with Crippen molar-refractivity contribution in [3.8, 4) is 0 Å². The topological polar surface area (TPSA) is 75.2 Å². The van der Waals surface area contributed by atoms with Gasteiger partial charge in [0.05, 0.1) is 18.0 Å². The predicted octanol–water partition coefficient (Wildman–Crippen LogP) is 4.80. The number of carbonyl (C=O) groups is 2. The fraction of sp³-hybridized carbons (Fsp3) is 0.429. The van der Waals surface area contributed by atoms with Crippen molar-refractivity contribution in [2.75, 3.05) is 5.32 Å². The zero-order valence-electron chi connectivity index (χ0n) is 16.5. The highest BCUT2D eigenvalue weighted by atomic mass is 79.9. The highest BCUT2D eigenvalue weighted by Gasteiger charge is 2.43. The first-order valence-electron chi connectivity index (χ1n) is 10.0. The highest BCUT2D eigenvalue weighted by molar-refractivity contribution is 9.10. The number of fused-ring (bicyclic) bond motifs is 1. The van der Waals surface area contributed by atoms with Crippen molar-refractivity contribution < 1.29 is 22.8 Å². The minimum absolute atomic E-state index is 0.00230. The zero-order valence-corrected chi connectivity index (χ0v) is 18.0. The third kappa shape index (κ3) is 4.58. The molecule has 2 aliphatic rings. The maximum absolute atomic E-state index is 13.5. The van der Waals surface area contributed by atoms with Crippen molar-refractivity contribution in [1.29, 1.82) is 0 Å². The van der Waals surface area contributed by atoms with Crippen molar-refractivity contribution >= 4 is 33.6 Å². The molecular weight excluding hydrogens is 477 g/mol. The second-order valence-electron chi connectivity index (χ2n) is 7.88. The van der Waals surface area contributed by atoms with E-state index in [1.807, 2.05) is 0 Å². The van der Waals surface area contributed by atoms with Gasteiger partial charge < -0.3 is 10.2 Å². The number of hydrogen-bond acceptors (Lipinski definition) is 4. The Labute approximate surface area is 185 Å².